The summed E-state index contributed by atoms with van der Waals surface area (Å²) in [5, 5.41) is 5.94. The molecule has 0 aliphatic carbocycles. The number of piperazine rings is 1. The number of carbonyl (C=O) groups excluding carboxylic acids is 2. The minimum absolute atomic E-state index is 0.00311. The molecule has 0 spiro atoms. The number of nitrogens with one attached hydrogen (secondary N) is 2. The Bertz CT molecular complexity index is 786. The standard InChI is InChI=1S/C22H28N4O2/c1-18-7-5-6-10-20(18)24-22(28)17-26-13-11-25(12-14-26)16-21(27)23-15-19-8-3-2-4-9-19/h2-10H,11-17H2,1H3,(H,23,27)(H,24,28). The zero-order chi connectivity index (χ0) is 19.8. The molecule has 1 aliphatic rings. The maximum atomic E-state index is 12.3. The van der Waals surface area contributed by atoms with E-state index in [1.54, 1.807) is 0 Å². The van der Waals surface area contributed by atoms with Crippen molar-refractivity contribution in [1.29, 1.82) is 0 Å². The Balaban J connectivity index is 1.35. The van der Waals surface area contributed by atoms with Gasteiger partial charge in [-0.3, -0.25) is 19.4 Å². The molecule has 1 aliphatic heterocycles. The van der Waals surface area contributed by atoms with E-state index in [0.29, 0.717) is 19.6 Å². The number of aryl methyl sites for hydroxylation is 1. The van der Waals surface area contributed by atoms with Crippen LogP contribution in [0.2, 0.25) is 0 Å². The third-order valence-corrected chi connectivity index (χ3v) is 4.95. The average Bonchev–Trinajstić information content (AvgIpc) is 2.70. The third kappa shape index (κ3) is 6.18. The van der Waals surface area contributed by atoms with E-state index in [1.807, 2.05) is 61.5 Å². The van der Waals surface area contributed by atoms with E-state index in [4.69, 9.17) is 0 Å². The largest absolute Gasteiger partial charge is 0.351 e. The van der Waals surface area contributed by atoms with Crippen LogP contribution in [0.4, 0.5) is 5.69 Å². The molecule has 3 rings (SSSR count). The summed E-state index contributed by atoms with van der Waals surface area (Å²) in [6.45, 7) is 6.46. The maximum absolute atomic E-state index is 12.3. The van der Waals surface area contributed by atoms with Crippen molar-refractivity contribution in [3.63, 3.8) is 0 Å². The monoisotopic (exact) mass is 380 g/mol. The first-order valence-corrected chi connectivity index (χ1v) is 9.71. The van der Waals surface area contributed by atoms with Gasteiger partial charge >= 0.3 is 0 Å². The summed E-state index contributed by atoms with van der Waals surface area (Å²) >= 11 is 0. The SMILES string of the molecule is Cc1ccccc1NC(=O)CN1CCN(CC(=O)NCc2ccccc2)CC1. The number of hydrogen-bond acceptors (Lipinski definition) is 4. The van der Waals surface area contributed by atoms with E-state index >= 15 is 0 Å². The number of anilines is 1. The van der Waals surface area contributed by atoms with Crippen LogP contribution in [0.3, 0.4) is 0 Å². The highest BCUT2D eigenvalue weighted by molar-refractivity contribution is 5.92. The van der Waals surface area contributed by atoms with Crippen molar-refractivity contribution < 1.29 is 9.59 Å². The van der Waals surface area contributed by atoms with Gasteiger partial charge in [0.25, 0.3) is 0 Å². The lowest BCUT2D eigenvalue weighted by molar-refractivity contribution is -0.123. The molecule has 1 fully saturated rings. The number of para-hydroxylation sites is 1. The Morgan fingerprint density at radius 2 is 1.39 bits per heavy atom. The van der Waals surface area contributed by atoms with E-state index in [2.05, 4.69) is 20.4 Å². The highest BCUT2D eigenvalue weighted by Crippen LogP contribution is 2.13. The Morgan fingerprint density at radius 1 is 0.821 bits per heavy atom. The second-order valence-electron chi connectivity index (χ2n) is 7.18. The van der Waals surface area contributed by atoms with Gasteiger partial charge < -0.3 is 10.6 Å². The lowest BCUT2D eigenvalue weighted by Gasteiger charge is -2.33. The first-order valence-electron chi connectivity index (χ1n) is 9.71. The van der Waals surface area contributed by atoms with Crippen LogP contribution in [-0.2, 0) is 16.1 Å². The van der Waals surface area contributed by atoms with Gasteiger partial charge in [-0.25, -0.2) is 0 Å². The Hall–Kier alpha value is -2.70. The Morgan fingerprint density at radius 3 is 2.04 bits per heavy atom. The van der Waals surface area contributed by atoms with Gasteiger partial charge in [-0.2, -0.15) is 0 Å². The molecule has 0 radical (unpaired) electrons. The molecule has 1 heterocycles. The molecule has 1 saturated heterocycles. The second kappa shape index (κ2) is 10.0. The first-order chi connectivity index (χ1) is 13.6. The fourth-order valence-corrected chi connectivity index (χ4v) is 3.27. The lowest BCUT2D eigenvalue weighted by Crippen LogP contribution is -2.50. The minimum Gasteiger partial charge on any atom is -0.351 e. The van der Waals surface area contributed by atoms with Crippen molar-refractivity contribution >= 4 is 17.5 Å². The van der Waals surface area contributed by atoms with Gasteiger partial charge in [0, 0.05) is 38.4 Å². The van der Waals surface area contributed by atoms with E-state index in [1.165, 1.54) is 0 Å². The maximum Gasteiger partial charge on any atom is 0.238 e. The van der Waals surface area contributed by atoms with Crippen molar-refractivity contribution in [2.24, 2.45) is 0 Å². The van der Waals surface area contributed by atoms with Crippen molar-refractivity contribution in [1.82, 2.24) is 15.1 Å². The molecule has 6 nitrogen and oxygen atoms in total. The van der Waals surface area contributed by atoms with Crippen molar-refractivity contribution in [2.45, 2.75) is 13.5 Å². The van der Waals surface area contributed by atoms with E-state index in [-0.39, 0.29) is 11.8 Å². The fourth-order valence-electron chi connectivity index (χ4n) is 3.27. The average molecular weight is 380 g/mol. The molecule has 6 heteroatoms. The number of carbonyl (C=O) groups is 2. The quantitative estimate of drug-likeness (QED) is 0.770. The van der Waals surface area contributed by atoms with Crippen LogP contribution in [0.25, 0.3) is 0 Å². The molecular formula is C22H28N4O2. The van der Waals surface area contributed by atoms with Gasteiger partial charge in [-0.15, -0.1) is 0 Å². The molecule has 2 aromatic rings. The summed E-state index contributed by atoms with van der Waals surface area (Å²) < 4.78 is 0. The molecule has 2 amide bonds. The van der Waals surface area contributed by atoms with E-state index in [0.717, 1.165) is 43.0 Å². The fraction of sp³-hybridized carbons (Fsp3) is 0.364. The number of benzene rings is 2. The van der Waals surface area contributed by atoms with Crippen LogP contribution < -0.4 is 10.6 Å². The molecule has 0 unspecified atom stereocenters. The van der Waals surface area contributed by atoms with Gasteiger partial charge in [-0.1, -0.05) is 48.5 Å². The van der Waals surface area contributed by atoms with E-state index < -0.39 is 0 Å². The Labute approximate surface area is 166 Å². The lowest BCUT2D eigenvalue weighted by atomic mass is 10.2. The number of hydrogen-bond donors (Lipinski definition) is 2. The van der Waals surface area contributed by atoms with Gasteiger partial charge in [0.05, 0.1) is 13.1 Å². The van der Waals surface area contributed by atoms with Crippen LogP contribution in [0, 0.1) is 6.92 Å². The third-order valence-electron chi connectivity index (χ3n) is 4.95. The van der Waals surface area contributed by atoms with Crippen molar-refractivity contribution in [3.8, 4) is 0 Å². The summed E-state index contributed by atoms with van der Waals surface area (Å²) in [7, 11) is 0. The molecule has 0 atom stereocenters. The zero-order valence-electron chi connectivity index (χ0n) is 16.4. The number of rotatable bonds is 7. The summed E-state index contributed by atoms with van der Waals surface area (Å²) in [6.07, 6.45) is 0. The number of amides is 2. The highest BCUT2D eigenvalue weighted by atomic mass is 16.2. The van der Waals surface area contributed by atoms with Crippen LogP contribution in [0.1, 0.15) is 11.1 Å². The predicted octanol–water partition coefficient (Wildman–Crippen LogP) is 1.87. The minimum atomic E-state index is 0.00311. The summed E-state index contributed by atoms with van der Waals surface area (Å²) in [5.41, 5.74) is 3.02. The van der Waals surface area contributed by atoms with Gasteiger partial charge in [0.15, 0.2) is 0 Å². The van der Waals surface area contributed by atoms with Gasteiger partial charge in [0.1, 0.15) is 0 Å². The summed E-state index contributed by atoms with van der Waals surface area (Å²) in [6, 6.07) is 17.7. The molecule has 28 heavy (non-hydrogen) atoms. The van der Waals surface area contributed by atoms with Crippen LogP contribution in [-0.4, -0.2) is 60.9 Å². The van der Waals surface area contributed by atoms with E-state index in [9.17, 15) is 9.59 Å². The molecule has 0 aromatic heterocycles. The molecule has 148 valence electrons. The molecule has 2 aromatic carbocycles. The first kappa shape index (κ1) is 20.0. The smallest absolute Gasteiger partial charge is 0.238 e. The normalized spacial score (nSPS) is 15.2. The summed E-state index contributed by atoms with van der Waals surface area (Å²) in [4.78, 5) is 28.7. The topological polar surface area (TPSA) is 64.7 Å². The van der Waals surface area contributed by atoms with Gasteiger partial charge in [0.2, 0.25) is 11.8 Å². The number of nitrogens with zero attached hydrogens (tertiary/aromatic N) is 2. The van der Waals surface area contributed by atoms with Crippen molar-refractivity contribution in [2.75, 3.05) is 44.6 Å². The van der Waals surface area contributed by atoms with Crippen molar-refractivity contribution in [3.05, 3.63) is 65.7 Å². The van der Waals surface area contributed by atoms with Crippen LogP contribution in [0.15, 0.2) is 54.6 Å². The molecule has 0 bridgehead atoms. The highest BCUT2D eigenvalue weighted by Gasteiger charge is 2.20. The predicted molar refractivity (Wildman–Crippen MR) is 111 cm³/mol. The van der Waals surface area contributed by atoms with Crippen LogP contribution >= 0.6 is 0 Å². The summed E-state index contributed by atoms with van der Waals surface area (Å²) in [5.74, 6) is 0.0398. The second-order valence-corrected chi connectivity index (χ2v) is 7.18. The van der Waals surface area contributed by atoms with Gasteiger partial charge in [-0.05, 0) is 24.1 Å². The zero-order valence-corrected chi connectivity index (χ0v) is 16.4. The Kier molecular flexibility index (Phi) is 7.17. The molecule has 2 N–H and O–H groups in total. The molecular weight excluding hydrogens is 352 g/mol. The van der Waals surface area contributed by atoms with Crippen LogP contribution in [0.5, 0.6) is 0 Å². The molecule has 0 saturated carbocycles.